The Morgan fingerprint density at radius 3 is 2.71 bits per heavy atom. The summed E-state index contributed by atoms with van der Waals surface area (Å²) in [6, 6.07) is 2.91. The van der Waals surface area contributed by atoms with Crippen LogP contribution in [0.4, 0.5) is 0 Å². The Morgan fingerprint density at radius 2 is 2.04 bits per heavy atom. The average Bonchev–Trinajstić information content (AvgIpc) is 2.89. The Bertz CT molecular complexity index is 876. The fraction of sp³-hybridized carbons (Fsp3) is 0.368. The molecule has 0 aliphatic rings. The van der Waals surface area contributed by atoms with Crippen molar-refractivity contribution < 1.29 is 14.7 Å². The van der Waals surface area contributed by atoms with E-state index in [1.807, 2.05) is 6.92 Å². The van der Waals surface area contributed by atoms with Gasteiger partial charge in [0.2, 0.25) is 5.91 Å². The highest BCUT2D eigenvalue weighted by Gasteiger charge is 2.13. The van der Waals surface area contributed by atoms with Gasteiger partial charge in [0.15, 0.2) is 5.69 Å². The van der Waals surface area contributed by atoms with Gasteiger partial charge in [0.1, 0.15) is 10.9 Å². The van der Waals surface area contributed by atoms with Crippen LogP contribution in [0.15, 0.2) is 24.4 Å². The monoisotopic (exact) mass is 405 g/mol. The first kappa shape index (κ1) is 21.4. The summed E-state index contributed by atoms with van der Waals surface area (Å²) >= 11 is 6.33. The minimum absolute atomic E-state index is 0.0581. The summed E-state index contributed by atoms with van der Waals surface area (Å²) in [4.78, 5) is 27.7. The first-order valence-corrected chi connectivity index (χ1v) is 9.28. The van der Waals surface area contributed by atoms with Gasteiger partial charge in [-0.1, -0.05) is 25.4 Å². The summed E-state index contributed by atoms with van der Waals surface area (Å²) in [6.07, 6.45) is 4.42. The SMILES string of the molecule is Cc1nn(CC(C)C)c(Cl)c1C=CC(=O)NCCNC(=O)c1ncccc1O. The van der Waals surface area contributed by atoms with E-state index >= 15 is 0 Å². The molecule has 0 radical (unpaired) electrons. The van der Waals surface area contributed by atoms with Gasteiger partial charge in [-0.2, -0.15) is 5.10 Å². The molecular weight excluding hydrogens is 382 g/mol. The van der Waals surface area contributed by atoms with Gasteiger partial charge in [0, 0.05) is 37.5 Å². The van der Waals surface area contributed by atoms with Crippen LogP contribution in [-0.4, -0.2) is 44.8 Å². The van der Waals surface area contributed by atoms with E-state index in [9.17, 15) is 14.7 Å². The molecule has 0 saturated carbocycles. The molecule has 0 fully saturated rings. The molecule has 0 aliphatic heterocycles. The largest absolute Gasteiger partial charge is 0.505 e. The summed E-state index contributed by atoms with van der Waals surface area (Å²) in [5.41, 5.74) is 1.39. The van der Waals surface area contributed by atoms with E-state index < -0.39 is 5.91 Å². The highest BCUT2D eigenvalue weighted by atomic mass is 35.5. The van der Waals surface area contributed by atoms with Gasteiger partial charge < -0.3 is 15.7 Å². The summed E-state index contributed by atoms with van der Waals surface area (Å²) < 4.78 is 1.72. The van der Waals surface area contributed by atoms with Crippen molar-refractivity contribution in [2.45, 2.75) is 27.3 Å². The number of nitrogens with zero attached hydrogens (tertiary/aromatic N) is 3. The third-order valence-electron chi connectivity index (χ3n) is 3.76. The number of hydrogen-bond acceptors (Lipinski definition) is 5. The van der Waals surface area contributed by atoms with Crippen molar-refractivity contribution in [3.63, 3.8) is 0 Å². The van der Waals surface area contributed by atoms with Crippen LogP contribution in [0.25, 0.3) is 6.08 Å². The van der Waals surface area contributed by atoms with Crippen LogP contribution in [-0.2, 0) is 11.3 Å². The normalized spacial score (nSPS) is 11.2. The van der Waals surface area contributed by atoms with E-state index in [4.69, 9.17) is 11.6 Å². The molecule has 150 valence electrons. The predicted octanol–water partition coefficient (Wildman–Crippen LogP) is 2.16. The third-order valence-corrected chi connectivity index (χ3v) is 4.16. The quantitative estimate of drug-likeness (QED) is 0.460. The highest BCUT2D eigenvalue weighted by Crippen LogP contribution is 2.22. The zero-order chi connectivity index (χ0) is 20.7. The number of hydrogen-bond donors (Lipinski definition) is 3. The van der Waals surface area contributed by atoms with Crippen LogP contribution in [0.5, 0.6) is 5.75 Å². The Balaban J connectivity index is 1.82. The summed E-state index contributed by atoms with van der Waals surface area (Å²) in [5, 5.41) is 19.7. The van der Waals surface area contributed by atoms with Crippen molar-refractivity contribution in [2.24, 2.45) is 5.92 Å². The Labute approximate surface area is 168 Å². The average molecular weight is 406 g/mol. The van der Waals surface area contributed by atoms with Crippen molar-refractivity contribution in [1.82, 2.24) is 25.4 Å². The Morgan fingerprint density at radius 1 is 1.32 bits per heavy atom. The van der Waals surface area contributed by atoms with Crippen LogP contribution in [0.3, 0.4) is 0 Å². The van der Waals surface area contributed by atoms with Gasteiger partial charge in [-0.15, -0.1) is 0 Å². The lowest BCUT2D eigenvalue weighted by Crippen LogP contribution is -2.34. The maximum Gasteiger partial charge on any atom is 0.273 e. The predicted molar refractivity (Wildman–Crippen MR) is 107 cm³/mol. The lowest BCUT2D eigenvalue weighted by Gasteiger charge is -2.06. The molecule has 0 spiro atoms. The van der Waals surface area contributed by atoms with Gasteiger partial charge in [-0.3, -0.25) is 14.3 Å². The van der Waals surface area contributed by atoms with E-state index in [2.05, 4.69) is 34.6 Å². The van der Waals surface area contributed by atoms with E-state index in [0.29, 0.717) is 23.2 Å². The lowest BCUT2D eigenvalue weighted by molar-refractivity contribution is -0.116. The number of carbonyl (C=O) groups excluding carboxylic acids is 2. The van der Waals surface area contributed by atoms with Crippen molar-refractivity contribution in [2.75, 3.05) is 13.1 Å². The van der Waals surface area contributed by atoms with Gasteiger partial charge in [-0.05, 0) is 31.1 Å². The maximum absolute atomic E-state index is 12.0. The van der Waals surface area contributed by atoms with Gasteiger partial charge in [0.25, 0.3) is 5.91 Å². The minimum Gasteiger partial charge on any atom is -0.505 e. The number of rotatable bonds is 8. The Kier molecular flexibility index (Phi) is 7.57. The van der Waals surface area contributed by atoms with Gasteiger partial charge in [0.05, 0.1) is 5.69 Å². The van der Waals surface area contributed by atoms with Crippen LogP contribution >= 0.6 is 11.6 Å². The topological polar surface area (TPSA) is 109 Å². The van der Waals surface area contributed by atoms with Crippen LogP contribution < -0.4 is 10.6 Å². The second kappa shape index (κ2) is 9.89. The van der Waals surface area contributed by atoms with E-state index in [1.54, 1.807) is 10.8 Å². The zero-order valence-corrected chi connectivity index (χ0v) is 16.8. The second-order valence-corrected chi connectivity index (χ2v) is 6.98. The third kappa shape index (κ3) is 5.82. The molecular formula is C19H24ClN5O3. The van der Waals surface area contributed by atoms with Crippen LogP contribution in [0.1, 0.15) is 35.6 Å². The van der Waals surface area contributed by atoms with Gasteiger partial charge in [-0.25, -0.2) is 4.98 Å². The van der Waals surface area contributed by atoms with Gasteiger partial charge >= 0.3 is 0 Å². The number of halogens is 1. The molecule has 0 aromatic carbocycles. The number of aryl methyl sites for hydroxylation is 1. The first-order valence-electron chi connectivity index (χ1n) is 8.90. The number of carbonyl (C=O) groups is 2. The molecule has 2 aromatic heterocycles. The Hall–Kier alpha value is -2.87. The number of aromatic hydroxyl groups is 1. The summed E-state index contributed by atoms with van der Waals surface area (Å²) in [7, 11) is 0. The smallest absolute Gasteiger partial charge is 0.273 e. The van der Waals surface area contributed by atoms with E-state index in [1.165, 1.54) is 24.4 Å². The molecule has 2 amide bonds. The molecule has 3 N–H and O–H groups in total. The van der Waals surface area contributed by atoms with Crippen LogP contribution in [0.2, 0.25) is 5.15 Å². The van der Waals surface area contributed by atoms with Crippen molar-refractivity contribution >= 4 is 29.5 Å². The van der Waals surface area contributed by atoms with E-state index in [0.717, 1.165) is 5.69 Å². The highest BCUT2D eigenvalue weighted by molar-refractivity contribution is 6.31. The molecule has 8 nitrogen and oxygen atoms in total. The molecule has 0 atom stereocenters. The number of pyridine rings is 1. The molecule has 2 rings (SSSR count). The molecule has 0 aliphatic carbocycles. The second-order valence-electron chi connectivity index (χ2n) is 6.62. The molecule has 0 unspecified atom stereocenters. The molecule has 0 saturated heterocycles. The lowest BCUT2D eigenvalue weighted by atomic mass is 10.2. The zero-order valence-electron chi connectivity index (χ0n) is 16.1. The van der Waals surface area contributed by atoms with Crippen molar-refractivity contribution in [3.8, 4) is 5.75 Å². The van der Waals surface area contributed by atoms with Crippen molar-refractivity contribution in [3.05, 3.63) is 46.5 Å². The molecule has 2 heterocycles. The first-order chi connectivity index (χ1) is 13.3. The van der Waals surface area contributed by atoms with Crippen LogP contribution in [0, 0.1) is 12.8 Å². The molecule has 2 aromatic rings. The molecule has 0 bridgehead atoms. The fourth-order valence-electron chi connectivity index (χ4n) is 2.46. The summed E-state index contributed by atoms with van der Waals surface area (Å²) in [6.45, 7) is 7.10. The number of nitrogens with one attached hydrogen (secondary N) is 2. The summed E-state index contributed by atoms with van der Waals surface area (Å²) in [5.74, 6) is -0.623. The minimum atomic E-state index is -0.511. The van der Waals surface area contributed by atoms with E-state index in [-0.39, 0.29) is 30.4 Å². The fourth-order valence-corrected chi connectivity index (χ4v) is 2.77. The molecule has 28 heavy (non-hydrogen) atoms. The molecule has 9 heteroatoms. The van der Waals surface area contributed by atoms with Crippen molar-refractivity contribution in [1.29, 1.82) is 0 Å². The number of aromatic nitrogens is 3. The number of amides is 2. The standard InChI is InChI=1S/C19H24ClN5O3/c1-12(2)11-25-18(20)14(13(3)24-25)6-7-16(27)21-9-10-23-19(28)17-15(26)5-4-8-22-17/h4-8,12,26H,9-11H2,1-3H3,(H,21,27)(H,23,28). The maximum atomic E-state index is 12.0.